The number of sulfonamides is 1. The lowest BCUT2D eigenvalue weighted by Gasteiger charge is -2.40. The van der Waals surface area contributed by atoms with Crippen LogP contribution in [0.2, 0.25) is 0 Å². The summed E-state index contributed by atoms with van der Waals surface area (Å²) in [5.41, 5.74) is 1.38. The molecule has 1 aliphatic rings. The molecular formula is C22H28BrNO3S. The van der Waals surface area contributed by atoms with Gasteiger partial charge in [0.15, 0.2) is 0 Å². The van der Waals surface area contributed by atoms with Crippen LogP contribution in [0.1, 0.15) is 63.0 Å². The normalized spacial score (nSPS) is 24.5. The van der Waals surface area contributed by atoms with Crippen molar-refractivity contribution in [1.82, 2.24) is 4.31 Å². The molecule has 1 aliphatic heterocycles. The van der Waals surface area contributed by atoms with E-state index in [1.165, 1.54) is 6.07 Å². The maximum atomic E-state index is 13.6. The standard InChI is InChI=1S/C22H28BrNO3S/c1-4-6-12-22(5-2)15-18(16-10-8-7-9-11-16)17-13-19(23)20(25)14-21(17)28(26,27)24(22)3/h7-11,13-14,18,25H,4-6,12,15H2,1-3H3. The molecule has 152 valence electrons. The number of hydrogen-bond donors (Lipinski definition) is 1. The van der Waals surface area contributed by atoms with Gasteiger partial charge in [-0.15, -0.1) is 0 Å². The van der Waals surface area contributed by atoms with Crippen LogP contribution in [0.25, 0.3) is 0 Å². The van der Waals surface area contributed by atoms with Gasteiger partial charge in [0.2, 0.25) is 10.0 Å². The molecule has 6 heteroatoms. The molecule has 0 amide bonds. The lowest BCUT2D eigenvalue weighted by molar-refractivity contribution is 0.170. The van der Waals surface area contributed by atoms with Gasteiger partial charge in [0.05, 0.1) is 9.37 Å². The number of unbranched alkanes of at least 4 members (excludes halogenated alkanes) is 1. The van der Waals surface area contributed by atoms with Crippen LogP contribution in [-0.4, -0.2) is 30.4 Å². The molecule has 0 aliphatic carbocycles. The summed E-state index contributed by atoms with van der Waals surface area (Å²) in [7, 11) is -2.04. The Morgan fingerprint density at radius 1 is 1.21 bits per heavy atom. The third-order valence-corrected chi connectivity index (χ3v) is 8.85. The van der Waals surface area contributed by atoms with Crippen molar-refractivity contribution in [3.8, 4) is 5.75 Å². The summed E-state index contributed by atoms with van der Waals surface area (Å²) in [4.78, 5) is 0.205. The van der Waals surface area contributed by atoms with E-state index >= 15 is 0 Å². The maximum Gasteiger partial charge on any atom is 0.243 e. The average Bonchev–Trinajstić information content (AvgIpc) is 2.76. The van der Waals surface area contributed by atoms with Gasteiger partial charge in [-0.3, -0.25) is 0 Å². The van der Waals surface area contributed by atoms with E-state index in [-0.39, 0.29) is 16.6 Å². The number of fused-ring (bicyclic) bond motifs is 1. The van der Waals surface area contributed by atoms with E-state index in [1.807, 2.05) is 18.2 Å². The third-order valence-electron chi connectivity index (χ3n) is 6.20. The van der Waals surface area contributed by atoms with Crippen molar-refractivity contribution >= 4 is 26.0 Å². The zero-order chi connectivity index (χ0) is 20.5. The zero-order valence-corrected chi connectivity index (χ0v) is 19.1. The Morgan fingerprint density at radius 3 is 2.50 bits per heavy atom. The largest absolute Gasteiger partial charge is 0.507 e. The second-order valence-electron chi connectivity index (χ2n) is 7.66. The molecule has 3 rings (SSSR count). The molecule has 0 aromatic heterocycles. The molecule has 1 heterocycles. The van der Waals surface area contributed by atoms with Crippen LogP contribution in [0.4, 0.5) is 0 Å². The predicted molar refractivity (Wildman–Crippen MR) is 116 cm³/mol. The van der Waals surface area contributed by atoms with E-state index in [2.05, 4.69) is 41.9 Å². The highest BCUT2D eigenvalue weighted by molar-refractivity contribution is 9.10. The number of phenolic OH excluding ortho intramolecular Hbond substituents is 1. The first kappa shape index (κ1) is 21.3. The van der Waals surface area contributed by atoms with Crippen molar-refractivity contribution in [3.05, 3.63) is 58.1 Å². The van der Waals surface area contributed by atoms with E-state index in [1.54, 1.807) is 17.4 Å². The highest BCUT2D eigenvalue weighted by atomic mass is 79.9. The van der Waals surface area contributed by atoms with E-state index < -0.39 is 15.6 Å². The minimum Gasteiger partial charge on any atom is -0.507 e. The summed E-state index contributed by atoms with van der Waals surface area (Å²) in [6.07, 6.45) is 4.27. The van der Waals surface area contributed by atoms with Crippen molar-refractivity contribution < 1.29 is 13.5 Å². The highest BCUT2D eigenvalue weighted by Gasteiger charge is 2.46. The number of rotatable bonds is 5. The minimum atomic E-state index is -3.74. The molecule has 2 aromatic rings. The number of hydrogen-bond acceptors (Lipinski definition) is 3. The SMILES string of the molecule is CCCCC1(CC)CC(c2ccccc2)c2cc(Br)c(O)cc2S(=O)(=O)N1C. The fourth-order valence-electron chi connectivity index (χ4n) is 4.37. The van der Waals surface area contributed by atoms with Crippen molar-refractivity contribution in [2.24, 2.45) is 0 Å². The molecule has 2 atom stereocenters. The number of benzene rings is 2. The monoisotopic (exact) mass is 465 g/mol. The summed E-state index contributed by atoms with van der Waals surface area (Å²) in [5, 5.41) is 10.2. The third kappa shape index (κ3) is 3.62. The van der Waals surface area contributed by atoms with Crippen molar-refractivity contribution in [1.29, 1.82) is 0 Å². The Morgan fingerprint density at radius 2 is 1.89 bits per heavy atom. The van der Waals surface area contributed by atoms with Crippen LogP contribution >= 0.6 is 15.9 Å². The Labute approximate surface area is 176 Å². The molecule has 4 nitrogen and oxygen atoms in total. The Bertz CT molecular complexity index is 946. The first-order valence-corrected chi connectivity index (χ1v) is 12.1. The zero-order valence-electron chi connectivity index (χ0n) is 16.7. The molecule has 0 fully saturated rings. The molecule has 2 unspecified atom stereocenters. The van der Waals surface area contributed by atoms with Crippen LogP contribution in [0.3, 0.4) is 0 Å². The van der Waals surface area contributed by atoms with Crippen LogP contribution in [0.5, 0.6) is 5.75 Å². The lowest BCUT2D eigenvalue weighted by Crippen LogP contribution is -2.48. The number of nitrogens with zero attached hydrogens (tertiary/aromatic N) is 1. The van der Waals surface area contributed by atoms with Gasteiger partial charge in [-0.2, -0.15) is 4.31 Å². The van der Waals surface area contributed by atoms with Gasteiger partial charge in [-0.1, -0.05) is 57.0 Å². The second-order valence-corrected chi connectivity index (χ2v) is 10.5. The fourth-order valence-corrected chi connectivity index (χ4v) is 6.59. The van der Waals surface area contributed by atoms with E-state index in [9.17, 15) is 13.5 Å². The number of aromatic hydroxyl groups is 1. The topological polar surface area (TPSA) is 57.6 Å². The number of halogens is 1. The molecular weight excluding hydrogens is 438 g/mol. The summed E-state index contributed by atoms with van der Waals surface area (Å²) in [6.45, 7) is 4.21. The summed E-state index contributed by atoms with van der Waals surface area (Å²) < 4.78 is 29.3. The highest BCUT2D eigenvalue weighted by Crippen LogP contribution is 2.48. The summed E-state index contributed by atoms with van der Waals surface area (Å²) in [5.74, 6) is -0.121. The van der Waals surface area contributed by atoms with Crippen LogP contribution in [0.15, 0.2) is 51.8 Å². The minimum absolute atomic E-state index is 0.0555. The van der Waals surface area contributed by atoms with Gasteiger partial charge in [0.1, 0.15) is 5.75 Å². The summed E-state index contributed by atoms with van der Waals surface area (Å²) >= 11 is 3.38. The first-order valence-electron chi connectivity index (χ1n) is 9.83. The molecule has 0 radical (unpaired) electrons. The molecule has 0 bridgehead atoms. The Balaban J connectivity index is 2.30. The van der Waals surface area contributed by atoms with Crippen molar-refractivity contribution in [2.75, 3.05) is 7.05 Å². The van der Waals surface area contributed by atoms with Crippen LogP contribution in [-0.2, 0) is 10.0 Å². The van der Waals surface area contributed by atoms with Gasteiger partial charge in [-0.05, 0) is 52.4 Å². The van der Waals surface area contributed by atoms with E-state index in [0.717, 1.165) is 36.8 Å². The van der Waals surface area contributed by atoms with Crippen molar-refractivity contribution in [3.63, 3.8) is 0 Å². The van der Waals surface area contributed by atoms with Crippen LogP contribution < -0.4 is 0 Å². The summed E-state index contributed by atoms with van der Waals surface area (Å²) in [6, 6.07) is 13.3. The molecule has 0 spiro atoms. The molecule has 2 aromatic carbocycles. The second kappa shape index (κ2) is 8.17. The molecule has 1 N–H and O–H groups in total. The Kier molecular flexibility index (Phi) is 6.23. The maximum absolute atomic E-state index is 13.6. The van der Waals surface area contributed by atoms with Gasteiger partial charge < -0.3 is 5.11 Å². The van der Waals surface area contributed by atoms with Crippen molar-refractivity contribution in [2.45, 2.75) is 62.3 Å². The Hall–Kier alpha value is -1.37. The molecule has 0 saturated carbocycles. The van der Waals surface area contributed by atoms with Crippen LogP contribution in [0, 0.1) is 0 Å². The quantitative estimate of drug-likeness (QED) is 0.620. The fraction of sp³-hybridized carbons (Fsp3) is 0.455. The smallest absolute Gasteiger partial charge is 0.243 e. The van der Waals surface area contributed by atoms with Gasteiger partial charge in [0, 0.05) is 24.6 Å². The van der Waals surface area contributed by atoms with E-state index in [0.29, 0.717) is 10.9 Å². The lowest BCUT2D eigenvalue weighted by atomic mass is 9.76. The van der Waals surface area contributed by atoms with Gasteiger partial charge in [0.25, 0.3) is 0 Å². The number of phenols is 1. The molecule has 0 saturated heterocycles. The van der Waals surface area contributed by atoms with Gasteiger partial charge >= 0.3 is 0 Å². The average molecular weight is 466 g/mol. The first-order chi connectivity index (χ1) is 13.3. The molecule has 28 heavy (non-hydrogen) atoms. The predicted octanol–water partition coefficient (Wildman–Crippen LogP) is 5.65. The van der Waals surface area contributed by atoms with E-state index in [4.69, 9.17) is 0 Å². The van der Waals surface area contributed by atoms with Gasteiger partial charge in [-0.25, -0.2) is 8.42 Å².